The van der Waals surface area contributed by atoms with Crippen molar-refractivity contribution in [2.75, 3.05) is 5.32 Å². The second-order valence-electron chi connectivity index (χ2n) is 7.38. The van der Waals surface area contributed by atoms with Gasteiger partial charge in [0.1, 0.15) is 5.82 Å². The van der Waals surface area contributed by atoms with Crippen LogP contribution in [0.25, 0.3) is 22.3 Å². The first kappa shape index (κ1) is 21.2. The summed E-state index contributed by atoms with van der Waals surface area (Å²) in [5, 5.41) is 7.49. The number of halogens is 1. The highest BCUT2D eigenvalue weighted by molar-refractivity contribution is 6.06. The maximum Gasteiger partial charge on any atom is 0.339 e. The molecule has 0 aliphatic heterocycles. The molecule has 4 rings (SSSR count). The Kier molecular flexibility index (Phi) is 5.68. The predicted molar refractivity (Wildman–Crippen MR) is 119 cm³/mol. The number of carbonyl (C=O) groups excluding carboxylic acids is 2. The average molecular weight is 432 g/mol. The van der Waals surface area contributed by atoms with Crippen molar-refractivity contribution in [3.05, 3.63) is 77.7 Å². The molecular formula is C24H21FN4O3. The van der Waals surface area contributed by atoms with Crippen molar-refractivity contribution in [3.8, 4) is 11.3 Å². The zero-order valence-electron chi connectivity index (χ0n) is 17.8. The van der Waals surface area contributed by atoms with Crippen LogP contribution in [0.5, 0.6) is 0 Å². The molecule has 0 aliphatic rings. The van der Waals surface area contributed by atoms with Gasteiger partial charge in [0.2, 0.25) is 0 Å². The van der Waals surface area contributed by atoms with Crippen LogP contribution in [0.3, 0.4) is 0 Å². The normalized spacial score (nSPS) is 11.9. The van der Waals surface area contributed by atoms with Crippen molar-refractivity contribution < 1.29 is 18.7 Å². The van der Waals surface area contributed by atoms with Crippen LogP contribution in [-0.4, -0.2) is 32.7 Å². The molecule has 0 fully saturated rings. The number of fused-ring (bicyclic) bond motifs is 1. The van der Waals surface area contributed by atoms with Crippen molar-refractivity contribution >= 4 is 28.6 Å². The first-order chi connectivity index (χ1) is 15.3. The second-order valence-corrected chi connectivity index (χ2v) is 7.38. The van der Waals surface area contributed by atoms with Gasteiger partial charge in [0.05, 0.1) is 22.3 Å². The molecule has 0 saturated heterocycles. The number of aryl methyl sites for hydroxylation is 2. The third-order valence-corrected chi connectivity index (χ3v) is 5.00. The lowest BCUT2D eigenvalue weighted by molar-refractivity contribution is -0.123. The topological polar surface area (TPSA) is 86.1 Å². The van der Waals surface area contributed by atoms with Crippen molar-refractivity contribution in [1.29, 1.82) is 0 Å². The van der Waals surface area contributed by atoms with Gasteiger partial charge < -0.3 is 10.1 Å². The molecule has 1 atom stereocenters. The molecule has 4 aromatic rings. The van der Waals surface area contributed by atoms with Crippen LogP contribution in [0.1, 0.15) is 23.0 Å². The smallest absolute Gasteiger partial charge is 0.339 e. The SMILES string of the molecule is Cc1nn(C)c2nc(-c3ccccc3)cc(C(=O)OC(C)C(=O)Nc3cccc(F)c3)c12. The molecule has 1 N–H and O–H groups in total. The molecule has 0 radical (unpaired) electrons. The van der Waals surface area contributed by atoms with Crippen LogP contribution in [0.2, 0.25) is 0 Å². The van der Waals surface area contributed by atoms with Gasteiger partial charge in [-0.15, -0.1) is 0 Å². The molecule has 162 valence electrons. The Labute approximate surface area is 183 Å². The van der Waals surface area contributed by atoms with E-state index in [1.165, 1.54) is 25.1 Å². The Bertz CT molecular complexity index is 1320. The van der Waals surface area contributed by atoms with Crippen molar-refractivity contribution in [2.24, 2.45) is 7.05 Å². The van der Waals surface area contributed by atoms with E-state index in [0.29, 0.717) is 22.4 Å². The molecule has 0 spiro atoms. The van der Waals surface area contributed by atoms with Crippen molar-refractivity contribution in [2.45, 2.75) is 20.0 Å². The second kappa shape index (κ2) is 8.58. The monoisotopic (exact) mass is 432 g/mol. The van der Waals surface area contributed by atoms with Crippen LogP contribution in [0, 0.1) is 12.7 Å². The Morgan fingerprint density at radius 1 is 1.09 bits per heavy atom. The van der Waals surface area contributed by atoms with E-state index in [2.05, 4.69) is 15.4 Å². The molecule has 0 bridgehead atoms. The fourth-order valence-corrected chi connectivity index (χ4v) is 3.45. The molecule has 7 nitrogen and oxygen atoms in total. The number of ether oxygens (including phenoxy) is 1. The summed E-state index contributed by atoms with van der Waals surface area (Å²) in [7, 11) is 1.75. The molecule has 2 aromatic carbocycles. The van der Waals surface area contributed by atoms with E-state index in [9.17, 15) is 14.0 Å². The minimum Gasteiger partial charge on any atom is -0.449 e. The minimum atomic E-state index is -1.11. The summed E-state index contributed by atoms with van der Waals surface area (Å²) in [6.45, 7) is 3.24. The zero-order chi connectivity index (χ0) is 22.8. The van der Waals surface area contributed by atoms with Gasteiger partial charge in [-0.3, -0.25) is 9.48 Å². The van der Waals surface area contributed by atoms with E-state index < -0.39 is 23.8 Å². The predicted octanol–water partition coefficient (Wildman–Crippen LogP) is 4.27. The number of carbonyl (C=O) groups is 2. The van der Waals surface area contributed by atoms with E-state index in [0.717, 1.165) is 5.56 Å². The lowest BCUT2D eigenvalue weighted by Gasteiger charge is -2.15. The lowest BCUT2D eigenvalue weighted by Crippen LogP contribution is -2.30. The van der Waals surface area contributed by atoms with Gasteiger partial charge in [-0.05, 0) is 38.1 Å². The Morgan fingerprint density at radius 2 is 1.84 bits per heavy atom. The molecule has 1 amide bonds. The molecule has 32 heavy (non-hydrogen) atoms. The van der Waals surface area contributed by atoms with E-state index in [1.54, 1.807) is 30.8 Å². The summed E-state index contributed by atoms with van der Waals surface area (Å²) in [6, 6.07) is 16.6. The van der Waals surface area contributed by atoms with Crippen LogP contribution in [-0.2, 0) is 16.6 Å². The van der Waals surface area contributed by atoms with Gasteiger partial charge in [-0.1, -0.05) is 36.4 Å². The number of anilines is 1. The van der Waals surface area contributed by atoms with Gasteiger partial charge in [-0.25, -0.2) is 14.2 Å². The fraction of sp³-hybridized carbons (Fsp3) is 0.167. The van der Waals surface area contributed by atoms with Crippen molar-refractivity contribution in [1.82, 2.24) is 14.8 Å². The van der Waals surface area contributed by atoms with E-state index in [1.807, 2.05) is 30.3 Å². The standard InChI is InChI=1S/C24H21FN4O3/c1-14-21-19(13-20(16-8-5-4-6-9-16)27-22(21)29(3)28-14)24(31)32-15(2)23(30)26-18-11-7-10-17(25)12-18/h4-13,15H,1-3H3,(H,26,30). The zero-order valence-corrected chi connectivity index (χ0v) is 17.8. The molecule has 2 heterocycles. The molecule has 2 aromatic heterocycles. The maximum atomic E-state index is 13.4. The first-order valence-corrected chi connectivity index (χ1v) is 10.0. The number of nitrogens with one attached hydrogen (secondary N) is 1. The van der Waals surface area contributed by atoms with E-state index in [-0.39, 0.29) is 11.3 Å². The number of aromatic nitrogens is 3. The summed E-state index contributed by atoms with van der Waals surface area (Å²) in [5.41, 5.74) is 3.12. The largest absolute Gasteiger partial charge is 0.449 e. The highest BCUT2D eigenvalue weighted by atomic mass is 19.1. The Hall–Kier alpha value is -4.07. The summed E-state index contributed by atoms with van der Waals surface area (Å²) in [6.07, 6.45) is -1.11. The van der Waals surface area contributed by atoms with Gasteiger partial charge in [0.25, 0.3) is 5.91 Å². The summed E-state index contributed by atoms with van der Waals surface area (Å²) in [4.78, 5) is 30.2. The van der Waals surface area contributed by atoms with Crippen LogP contribution >= 0.6 is 0 Å². The summed E-state index contributed by atoms with van der Waals surface area (Å²) >= 11 is 0. The third-order valence-electron chi connectivity index (χ3n) is 5.00. The molecule has 8 heteroatoms. The number of benzene rings is 2. The lowest BCUT2D eigenvalue weighted by atomic mass is 10.1. The number of rotatable bonds is 5. The third kappa shape index (κ3) is 4.20. The highest BCUT2D eigenvalue weighted by Crippen LogP contribution is 2.27. The quantitative estimate of drug-likeness (QED) is 0.476. The number of hydrogen-bond donors (Lipinski definition) is 1. The van der Waals surface area contributed by atoms with Gasteiger partial charge in [0.15, 0.2) is 11.8 Å². The molecule has 0 aliphatic carbocycles. The summed E-state index contributed by atoms with van der Waals surface area (Å²) in [5.74, 6) is -1.72. The molecular weight excluding hydrogens is 411 g/mol. The fourth-order valence-electron chi connectivity index (χ4n) is 3.45. The maximum absolute atomic E-state index is 13.4. The number of amides is 1. The van der Waals surface area contributed by atoms with Gasteiger partial charge >= 0.3 is 5.97 Å². The van der Waals surface area contributed by atoms with Gasteiger partial charge in [0, 0.05) is 18.3 Å². The van der Waals surface area contributed by atoms with Crippen LogP contribution < -0.4 is 5.32 Å². The van der Waals surface area contributed by atoms with Crippen LogP contribution in [0.15, 0.2) is 60.7 Å². The highest BCUT2D eigenvalue weighted by Gasteiger charge is 2.24. The van der Waals surface area contributed by atoms with E-state index >= 15 is 0 Å². The number of pyridine rings is 1. The Balaban J connectivity index is 1.64. The average Bonchev–Trinajstić information content (AvgIpc) is 3.07. The van der Waals surface area contributed by atoms with Crippen molar-refractivity contribution in [3.63, 3.8) is 0 Å². The van der Waals surface area contributed by atoms with Gasteiger partial charge in [-0.2, -0.15) is 5.10 Å². The molecule has 0 saturated carbocycles. The molecule has 1 unspecified atom stereocenters. The van der Waals surface area contributed by atoms with E-state index in [4.69, 9.17) is 4.74 Å². The number of esters is 1. The Morgan fingerprint density at radius 3 is 2.56 bits per heavy atom. The van der Waals surface area contributed by atoms with Crippen LogP contribution in [0.4, 0.5) is 10.1 Å². The number of hydrogen-bond acceptors (Lipinski definition) is 5. The number of nitrogens with zero attached hydrogens (tertiary/aromatic N) is 3. The summed E-state index contributed by atoms with van der Waals surface area (Å²) < 4.78 is 20.4. The first-order valence-electron chi connectivity index (χ1n) is 10.0. The minimum absolute atomic E-state index is 0.268.